The van der Waals surface area contributed by atoms with E-state index in [9.17, 15) is 0 Å². The van der Waals surface area contributed by atoms with Gasteiger partial charge in [0.1, 0.15) is 0 Å². The predicted molar refractivity (Wildman–Crippen MR) is 435 cm³/mol. The van der Waals surface area contributed by atoms with E-state index in [2.05, 4.69) is 273 Å². The average Bonchev–Trinajstić information content (AvgIpc) is 1.60. The van der Waals surface area contributed by atoms with Crippen LogP contribution in [0.3, 0.4) is 0 Å². The highest BCUT2D eigenvalue weighted by Crippen LogP contribution is 2.42. The molecule has 0 aliphatic heterocycles. The maximum atomic E-state index is 5.12. The van der Waals surface area contributed by atoms with Crippen LogP contribution in [0, 0.1) is 0 Å². The van der Waals surface area contributed by atoms with E-state index in [1.54, 1.807) is 0 Å². The first-order chi connectivity index (χ1) is 52.6. The molecule has 496 valence electrons. The van der Waals surface area contributed by atoms with E-state index in [0.29, 0.717) is 35.1 Å². The van der Waals surface area contributed by atoms with E-state index in [-0.39, 0.29) is 0 Å². The first-order valence-corrected chi connectivity index (χ1v) is 35.7. The Kier molecular flexibility index (Phi) is 15.0. The maximum absolute atomic E-state index is 5.12. The van der Waals surface area contributed by atoms with Crippen LogP contribution in [0.5, 0.6) is 0 Å². The first-order valence-electron chi connectivity index (χ1n) is 35.7. The largest absolute Gasteiger partial charge is 0.309 e. The third-order valence-electron chi connectivity index (χ3n) is 20.3. The van der Waals surface area contributed by atoms with Gasteiger partial charge in [-0.2, -0.15) is 9.97 Å². The van der Waals surface area contributed by atoms with Crippen molar-refractivity contribution in [3.8, 4) is 102 Å². The SMILES string of the molecule is c1ccc(-c2nc(-c3ccccc3)nc(-c3cccc(-n4c5ccccc5c5cc(-c6ccc7c8ccccc8n(-c8ccccc8)c7c6)ccc54)c3)n2)cc1.c1ccc(-c2nc(-c3ccccc3)nc(-n3c4ccccc4c4ccc(-c5ccc6c(c5)c5ccccc5n6-c5ccccc5)cc43)n2)cc1. The molecule has 0 unspecified atom stereocenters. The smallest absolute Gasteiger partial charge is 0.238 e. The van der Waals surface area contributed by atoms with E-state index >= 15 is 0 Å². The Morgan fingerprint density at radius 1 is 0.142 bits per heavy atom. The van der Waals surface area contributed by atoms with Crippen molar-refractivity contribution in [3.63, 3.8) is 0 Å². The zero-order valence-corrected chi connectivity index (χ0v) is 57.3. The Morgan fingerprint density at radius 2 is 0.406 bits per heavy atom. The molecule has 0 saturated heterocycles. The number of hydrogen-bond donors (Lipinski definition) is 0. The highest BCUT2D eigenvalue weighted by atomic mass is 15.2. The molecule has 0 radical (unpaired) electrons. The fourth-order valence-corrected chi connectivity index (χ4v) is 15.4. The topological polar surface area (TPSA) is 97.1 Å². The van der Waals surface area contributed by atoms with E-state index in [4.69, 9.17) is 29.9 Å². The minimum Gasteiger partial charge on any atom is -0.309 e. The molecule has 0 amide bonds. The van der Waals surface area contributed by atoms with Crippen molar-refractivity contribution in [1.82, 2.24) is 48.2 Å². The fourth-order valence-electron chi connectivity index (χ4n) is 15.4. The van der Waals surface area contributed by atoms with Crippen LogP contribution in [0.1, 0.15) is 0 Å². The Morgan fingerprint density at radius 3 is 0.821 bits per heavy atom. The number of hydrogen-bond acceptors (Lipinski definition) is 6. The van der Waals surface area contributed by atoms with Gasteiger partial charge in [-0.1, -0.05) is 279 Å². The summed E-state index contributed by atoms with van der Waals surface area (Å²) in [5.41, 5.74) is 21.8. The van der Waals surface area contributed by atoms with Crippen molar-refractivity contribution in [2.75, 3.05) is 0 Å². The summed E-state index contributed by atoms with van der Waals surface area (Å²) in [5.74, 6) is 3.78. The Balaban J connectivity index is 0.000000141. The Hall–Kier alpha value is -14.5. The molecule has 10 nitrogen and oxygen atoms in total. The molecule has 10 heteroatoms. The predicted octanol–water partition coefficient (Wildman–Crippen LogP) is 23.8. The van der Waals surface area contributed by atoms with Crippen LogP contribution in [-0.2, 0) is 0 Å². The highest BCUT2D eigenvalue weighted by Gasteiger charge is 2.22. The van der Waals surface area contributed by atoms with E-state index in [0.717, 1.165) is 88.8 Å². The number of benzene rings is 15. The minimum atomic E-state index is 0.586. The van der Waals surface area contributed by atoms with Crippen molar-refractivity contribution >= 4 is 87.2 Å². The van der Waals surface area contributed by atoms with Gasteiger partial charge in [-0.25, -0.2) is 19.9 Å². The van der Waals surface area contributed by atoms with Gasteiger partial charge in [-0.05, 0) is 119 Å². The van der Waals surface area contributed by atoms with Gasteiger partial charge in [0.15, 0.2) is 29.1 Å². The number of aromatic nitrogens is 10. The molecule has 6 aromatic heterocycles. The zero-order chi connectivity index (χ0) is 70.0. The third kappa shape index (κ3) is 10.7. The lowest BCUT2D eigenvalue weighted by Gasteiger charge is -2.12. The van der Waals surface area contributed by atoms with Crippen LogP contribution in [0.25, 0.3) is 189 Å². The number of fused-ring (bicyclic) bond motifs is 12. The highest BCUT2D eigenvalue weighted by molar-refractivity contribution is 6.14. The molecule has 106 heavy (non-hydrogen) atoms. The standard InChI is InChI=1S/C51H33N5.C45H29N5/c1-4-15-34(16-5-1)49-52-50(35-17-6-2-7-18-35)54-51(53-49)38-19-14-22-40(31-38)56-46-26-13-11-24-42(46)44-32-36(28-30-47(44)56)37-27-29-43-41-23-10-12-25-45(41)55(48(43)33-37)39-20-8-3-9-21-39;1-4-14-30(15-5-1)43-46-44(31-16-6-2-7-17-31)48-45(47-43)50-40-23-13-10-20-35(40)37-26-24-33(29-42(37)50)32-25-27-41-38(28-32)36-21-11-12-22-39(36)49(41)34-18-8-3-9-19-34/h1-33H;1-29H. The third-order valence-corrected chi connectivity index (χ3v) is 20.3. The number of rotatable bonds is 11. The molecule has 0 aliphatic carbocycles. The zero-order valence-electron chi connectivity index (χ0n) is 57.3. The van der Waals surface area contributed by atoms with Crippen molar-refractivity contribution in [2.45, 2.75) is 0 Å². The monoisotopic (exact) mass is 1350 g/mol. The van der Waals surface area contributed by atoms with E-state index < -0.39 is 0 Å². The lowest BCUT2D eigenvalue weighted by Crippen LogP contribution is -2.06. The van der Waals surface area contributed by atoms with Crippen LogP contribution in [0.15, 0.2) is 376 Å². The molecule has 0 spiro atoms. The summed E-state index contributed by atoms with van der Waals surface area (Å²) in [4.78, 5) is 30.1. The van der Waals surface area contributed by atoms with Crippen LogP contribution in [0.4, 0.5) is 0 Å². The Labute approximate surface area is 610 Å². The lowest BCUT2D eigenvalue weighted by atomic mass is 10.0. The summed E-state index contributed by atoms with van der Waals surface area (Å²) in [6, 6.07) is 132. The lowest BCUT2D eigenvalue weighted by molar-refractivity contribution is 0.953. The molecule has 0 N–H and O–H groups in total. The van der Waals surface area contributed by atoms with Crippen molar-refractivity contribution < 1.29 is 0 Å². The molecule has 21 aromatic rings. The molecule has 0 aliphatic rings. The quantitative estimate of drug-likeness (QED) is 0.128. The van der Waals surface area contributed by atoms with Gasteiger partial charge < -0.3 is 13.7 Å². The molecule has 6 heterocycles. The van der Waals surface area contributed by atoms with Crippen molar-refractivity contribution in [3.05, 3.63) is 376 Å². The van der Waals surface area contributed by atoms with E-state index in [1.807, 2.05) is 121 Å². The summed E-state index contributed by atoms with van der Waals surface area (Å²) in [6.45, 7) is 0. The molecule has 15 aromatic carbocycles. The first kappa shape index (κ1) is 61.4. The molecular weight excluding hydrogens is 1290 g/mol. The fraction of sp³-hybridized carbons (Fsp3) is 0. The van der Waals surface area contributed by atoms with E-state index in [1.165, 1.54) is 65.5 Å². The van der Waals surface area contributed by atoms with Crippen LogP contribution in [0.2, 0.25) is 0 Å². The van der Waals surface area contributed by atoms with Gasteiger partial charge in [0.25, 0.3) is 0 Å². The molecule has 21 rings (SSSR count). The average molecular weight is 1360 g/mol. The second-order valence-corrected chi connectivity index (χ2v) is 26.6. The Bertz CT molecular complexity index is 6810. The molecule has 0 atom stereocenters. The molecule has 0 saturated carbocycles. The van der Waals surface area contributed by atoms with Gasteiger partial charge in [0, 0.05) is 88.0 Å². The van der Waals surface area contributed by atoms with Gasteiger partial charge in [0.05, 0.1) is 44.1 Å². The van der Waals surface area contributed by atoms with Crippen molar-refractivity contribution in [2.24, 2.45) is 0 Å². The maximum Gasteiger partial charge on any atom is 0.238 e. The summed E-state index contributed by atoms with van der Waals surface area (Å²) < 4.78 is 9.27. The molecule has 0 fully saturated rings. The molecular formula is C96H62N10. The second-order valence-electron chi connectivity index (χ2n) is 26.6. The minimum absolute atomic E-state index is 0.586. The van der Waals surface area contributed by atoms with Crippen LogP contribution < -0.4 is 0 Å². The summed E-state index contributed by atoms with van der Waals surface area (Å²) >= 11 is 0. The van der Waals surface area contributed by atoms with Gasteiger partial charge in [-0.15, -0.1) is 0 Å². The summed E-state index contributed by atoms with van der Waals surface area (Å²) in [6.07, 6.45) is 0. The number of para-hydroxylation sites is 6. The van der Waals surface area contributed by atoms with Crippen molar-refractivity contribution in [1.29, 1.82) is 0 Å². The van der Waals surface area contributed by atoms with Crippen LogP contribution in [-0.4, -0.2) is 48.2 Å². The normalized spacial score (nSPS) is 11.6. The number of nitrogens with zero attached hydrogens (tertiary/aromatic N) is 10. The van der Waals surface area contributed by atoms with Crippen LogP contribution >= 0.6 is 0 Å². The summed E-state index contributed by atoms with van der Waals surface area (Å²) in [5, 5.41) is 9.65. The summed E-state index contributed by atoms with van der Waals surface area (Å²) in [7, 11) is 0. The second kappa shape index (κ2) is 25.8. The van der Waals surface area contributed by atoms with Gasteiger partial charge in [0.2, 0.25) is 5.95 Å². The van der Waals surface area contributed by atoms with Gasteiger partial charge in [-0.3, -0.25) is 4.57 Å². The van der Waals surface area contributed by atoms with Gasteiger partial charge >= 0.3 is 0 Å². The molecule has 0 bridgehead atoms.